The fraction of sp³-hybridized carbons (Fsp3) is 0.217. The molecule has 1 heterocycles. The lowest BCUT2D eigenvalue weighted by atomic mass is 10.1. The number of aryl methyl sites for hydroxylation is 1. The number of nitrogens with zero attached hydrogens (tertiary/aromatic N) is 3. The van der Waals surface area contributed by atoms with Crippen LogP contribution in [0.15, 0.2) is 72.4 Å². The Morgan fingerprint density at radius 1 is 1.13 bits per heavy atom. The van der Waals surface area contributed by atoms with E-state index in [-0.39, 0.29) is 23.6 Å². The van der Waals surface area contributed by atoms with E-state index in [2.05, 4.69) is 27.4 Å². The Morgan fingerprint density at radius 2 is 1.84 bits per heavy atom. The van der Waals surface area contributed by atoms with Crippen LogP contribution in [-0.4, -0.2) is 32.3 Å². The van der Waals surface area contributed by atoms with E-state index in [1.165, 1.54) is 11.8 Å². The number of thioether (sulfide) groups is 1. The molecule has 0 aliphatic rings. The predicted octanol–water partition coefficient (Wildman–Crippen LogP) is 3.99. The van der Waals surface area contributed by atoms with E-state index >= 15 is 0 Å². The molecule has 0 fully saturated rings. The maximum atomic E-state index is 12.7. The van der Waals surface area contributed by atoms with E-state index in [9.17, 15) is 9.59 Å². The normalized spacial score (nSPS) is 11.5. The summed E-state index contributed by atoms with van der Waals surface area (Å²) >= 11 is 1.29. The summed E-state index contributed by atoms with van der Waals surface area (Å²) in [6.07, 6.45) is 1.73. The molecule has 2 N–H and O–H groups in total. The van der Waals surface area contributed by atoms with Gasteiger partial charge in [-0.25, -0.2) is 0 Å². The third-order valence-corrected chi connectivity index (χ3v) is 5.54. The number of amides is 2. The number of carbonyl (C=O) groups excluding carboxylic acids is 2. The zero-order valence-electron chi connectivity index (χ0n) is 17.5. The highest BCUT2D eigenvalue weighted by molar-refractivity contribution is 7.99. The quantitative estimate of drug-likeness (QED) is 0.392. The van der Waals surface area contributed by atoms with Crippen LogP contribution in [0.1, 0.15) is 34.7 Å². The Balaban J connectivity index is 1.67. The molecule has 3 rings (SSSR count). The van der Waals surface area contributed by atoms with Gasteiger partial charge in [-0.1, -0.05) is 54.2 Å². The van der Waals surface area contributed by atoms with E-state index in [0.717, 1.165) is 11.3 Å². The van der Waals surface area contributed by atoms with Gasteiger partial charge in [0.05, 0.1) is 11.8 Å². The molecule has 0 radical (unpaired) electrons. The summed E-state index contributed by atoms with van der Waals surface area (Å²) in [4.78, 5) is 24.9. The van der Waals surface area contributed by atoms with Gasteiger partial charge < -0.3 is 15.2 Å². The van der Waals surface area contributed by atoms with Gasteiger partial charge in [0.15, 0.2) is 11.0 Å². The minimum absolute atomic E-state index is 0.133. The van der Waals surface area contributed by atoms with Gasteiger partial charge in [-0.05, 0) is 37.6 Å². The van der Waals surface area contributed by atoms with Crippen LogP contribution in [-0.2, 0) is 11.3 Å². The smallest absolute Gasteiger partial charge is 0.252 e. The molecule has 0 aliphatic heterocycles. The molecule has 31 heavy (non-hydrogen) atoms. The Bertz CT molecular complexity index is 1060. The Hall–Kier alpha value is -3.39. The second kappa shape index (κ2) is 10.6. The summed E-state index contributed by atoms with van der Waals surface area (Å²) in [6, 6.07) is 16.3. The molecule has 0 saturated heterocycles. The summed E-state index contributed by atoms with van der Waals surface area (Å²) in [5.74, 6) is 0.489. The molecule has 2 amide bonds. The zero-order valence-corrected chi connectivity index (χ0v) is 18.4. The van der Waals surface area contributed by atoms with Crippen molar-refractivity contribution >= 4 is 29.3 Å². The van der Waals surface area contributed by atoms with E-state index < -0.39 is 0 Å². The molecule has 7 nitrogen and oxygen atoms in total. The maximum Gasteiger partial charge on any atom is 0.252 e. The SMILES string of the molecule is C=CCn1c(SCC(=O)Nc2ccccc2)nnc1[C@H](C)NC(=O)c1ccccc1C. The molecule has 3 aromatic rings. The molecule has 0 aliphatic carbocycles. The van der Waals surface area contributed by atoms with Crippen LogP contribution in [0.25, 0.3) is 0 Å². The number of benzene rings is 2. The second-order valence-corrected chi connectivity index (χ2v) is 7.90. The molecule has 8 heteroatoms. The average molecular weight is 436 g/mol. The van der Waals surface area contributed by atoms with E-state index in [0.29, 0.717) is 23.1 Å². The van der Waals surface area contributed by atoms with Crippen LogP contribution in [0.2, 0.25) is 0 Å². The van der Waals surface area contributed by atoms with Gasteiger partial charge in [-0.2, -0.15) is 0 Å². The Morgan fingerprint density at radius 3 is 2.55 bits per heavy atom. The molecule has 1 aromatic heterocycles. The van der Waals surface area contributed by atoms with Gasteiger partial charge in [-0.3, -0.25) is 9.59 Å². The van der Waals surface area contributed by atoms with Crippen LogP contribution in [0.5, 0.6) is 0 Å². The average Bonchev–Trinajstić information content (AvgIpc) is 3.16. The van der Waals surface area contributed by atoms with Gasteiger partial charge in [-0.15, -0.1) is 16.8 Å². The molecular formula is C23H25N5O2S. The van der Waals surface area contributed by atoms with Crippen LogP contribution in [0.3, 0.4) is 0 Å². The number of hydrogen-bond donors (Lipinski definition) is 2. The van der Waals surface area contributed by atoms with Crippen LogP contribution < -0.4 is 10.6 Å². The van der Waals surface area contributed by atoms with Crippen molar-refractivity contribution in [3.05, 3.63) is 84.2 Å². The number of rotatable bonds is 9. The molecule has 2 aromatic carbocycles. The predicted molar refractivity (Wildman–Crippen MR) is 123 cm³/mol. The minimum atomic E-state index is -0.368. The van der Waals surface area contributed by atoms with Crippen LogP contribution in [0, 0.1) is 6.92 Å². The third kappa shape index (κ3) is 5.82. The zero-order chi connectivity index (χ0) is 22.2. The van der Waals surface area contributed by atoms with Gasteiger partial charge in [0.2, 0.25) is 5.91 Å². The fourth-order valence-electron chi connectivity index (χ4n) is 3.04. The maximum absolute atomic E-state index is 12.7. The summed E-state index contributed by atoms with van der Waals surface area (Å²) in [5.41, 5.74) is 2.27. The van der Waals surface area contributed by atoms with Crippen molar-refractivity contribution in [2.75, 3.05) is 11.1 Å². The van der Waals surface area contributed by atoms with Crippen LogP contribution in [0.4, 0.5) is 5.69 Å². The molecular weight excluding hydrogens is 410 g/mol. The van der Waals surface area contributed by atoms with Crippen molar-refractivity contribution in [3.63, 3.8) is 0 Å². The highest BCUT2D eigenvalue weighted by atomic mass is 32.2. The second-order valence-electron chi connectivity index (χ2n) is 6.95. The largest absolute Gasteiger partial charge is 0.342 e. The Labute approximate surface area is 186 Å². The summed E-state index contributed by atoms with van der Waals surface area (Å²) in [6.45, 7) is 8.02. The van der Waals surface area contributed by atoms with E-state index in [4.69, 9.17) is 0 Å². The van der Waals surface area contributed by atoms with Crippen molar-refractivity contribution in [3.8, 4) is 0 Å². The van der Waals surface area contributed by atoms with Crippen molar-refractivity contribution in [1.82, 2.24) is 20.1 Å². The Kier molecular flexibility index (Phi) is 7.61. The first-order chi connectivity index (χ1) is 15.0. The van der Waals surface area contributed by atoms with Gasteiger partial charge >= 0.3 is 0 Å². The van der Waals surface area contributed by atoms with Gasteiger partial charge in [0.1, 0.15) is 0 Å². The topological polar surface area (TPSA) is 88.9 Å². The number of para-hydroxylation sites is 1. The number of aromatic nitrogens is 3. The van der Waals surface area contributed by atoms with Crippen molar-refractivity contribution in [1.29, 1.82) is 0 Å². The first-order valence-corrected chi connectivity index (χ1v) is 10.9. The molecule has 160 valence electrons. The standard InChI is InChI=1S/C23H25N5O2S/c1-4-14-28-21(17(3)24-22(30)19-13-9-8-10-16(19)2)26-27-23(28)31-15-20(29)25-18-11-6-5-7-12-18/h4-13,17H,1,14-15H2,2-3H3,(H,24,30)(H,25,29)/t17-/m0/s1. The number of allylic oxidation sites excluding steroid dienone is 1. The first-order valence-electron chi connectivity index (χ1n) is 9.87. The van der Waals surface area contributed by atoms with E-state index in [1.807, 2.05) is 66.9 Å². The summed E-state index contributed by atoms with van der Waals surface area (Å²) in [7, 11) is 0. The highest BCUT2D eigenvalue weighted by Gasteiger charge is 2.21. The van der Waals surface area contributed by atoms with Crippen molar-refractivity contribution in [2.24, 2.45) is 0 Å². The number of anilines is 1. The molecule has 0 unspecified atom stereocenters. The first kappa shape index (κ1) is 22.3. The number of hydrogen-bond acceptors (Lipinski definition) is 5. The molecule has 1 atom stereocenters. The fourth-order valence-corrected chi connectivity index (χ4v) is 3.80. The number of nitrogens with one attached hydrogen (secondary N) is 2. The monoisotopic (exact) mass is 435 g/mol. The van der Waals surface area contributed by atoms with Crippen molar-refractivity contribution in [2.45, 2.75) is 31.6 Å². The van der Waals surface area contributed by atoms with Crippen LogP contribution >= 0.6 is 11.8 Å². The molecule has 0 saturated carbocycles. The minimum Gasteiger partial charge on any atom is -0.342 e. The third-order valence-electron chi connectivity index (χ3n) is 4.57. The lowest BCUT2D eigenvalue weighted by molar-refractivity contribution is -0.113. The summed E-state index contributed by atoms with van der Waals surface area (Å²) in [5, 5.41) is 14.9. The van der Waals surface area contributed by atoms with Crippen molar-refractivity contribution < 1.29 is 9.59 Å². The lowest BCUT2D eigenvalue weighted by Crippen LogP contribution is -2.29. The molecule has 0 bridgehead atoms. The molecule has 0 spiro atoms. The summed E-state index contributed by atoms with van der Waals surface area (Å²) < 4.78 is 1.86. The lowest BCUT2D eigenvalue weighted by Gasteiger charge is -2.16. The number of carbonyl (C=O) groups is 2. The van der Waals surface area contributed by atoms with Gasteiger partial charge in [0, 0.05) is 17.8 Å². The van der Waals surface area contributed by atoms with E-state index in [1.54, 1.807) is 12.1 Å². The highest BCUT2D eigenvalue weighted by Crippen LogP contribution is 2.21. The van der Waals surface area contributed by atoms with Gasteiger partial charge in [0.25, 0.3) is 5.91 Å².